The van der Waals surface area contributed by atoms with Crippen LogP contribution >= 0.6 is 12.6 Å². The zero-order valence-electron chi connectivity index (χ0n) is 6.89. The largest absolute Gasteiger partial charge is 0.368 e. The monoisotopic (exact) mass is 196 g/mol. The van der Waals surface area contributed by atoms with E-state index in [0.717, 1.165) is 5.52 Å². The van der Waals surface area contributed by atoms with Gasteiger partial charge in [-0.3, -0.25) is 0 Å². The van der Waals surface area contributed by atoms with Crippen molar-refractivity contribution >= 4 is 29.7 Å². The van der Waals surface area contributed by atoms with Gasteiger partial charge in [-0.2, -0.15) is 4.98 Å². The van der Waals surface area contributed by atoms with E-state index in [1.165, 1.54) is 0 Å². The van der Waals surface area contributed by atoms with Crippen molar-refractivity contribution in [3.63, 3.8) is 0 Å². The van der Waals surface area contributed by atoms with Gasteiger partial charge in [0.1, 0.15) is 16.9 Å². The smallest absolute Gasteiger partial charge is 0.223 e. The Balaban J connectivity index is 2.82. The molecule has 0 atom stereocenters. The number of thiol groups is 1. The van der Waals surface area contributed by atoms with Crippen LogP contribution in [0.4, 0.5) is 5.95 Å². The minimum Gasteiger partial charge on any atom is -0.368 e. The second-order valence-corrected chi connectivity index (χ2v) is 2.84. The third kappa shape index (κ3) is 1.17. The van der Waals surface area contributed by atoms with Crippen molar-refractivity contribution in [2.45, 2.75) is 5.03 Å². The third-order valence-electron chi connectivity index (χ3n) is 1.64. The summed E-state index contributed by atoms with van der Waals surface area (Å²) in [6.07, 6.45) is 1.60. The predicted octanol–water partition coefficient (Wildman–Crippen LogP) is -0.130. The van der Waals surface area contributed by atoms with Gasteiger partial charge in [0.15, 0.2) is 5.65 Å². The third-order valence-corrected chi connectivity index (χ3v) is 1.95. The normalized spacial score (nSPS) is 10.6. The van der Waals surface area contributed by atoms with Crippen molar-refractivity contribution in [1.82, 2.24) is 19.6 Å². The first kappa shape index (κ1) is 8.11. The van der Waals surface area contributed by atoms with Gasteiger partial charge in [0, 0.05) is 7.05 Å². The van der Waals surface area contributed by atoms with Gasteiger partial charge in [0.2, 0.25) is 5.95 Å². The van der Waals surface area contributed by atoms with E-state index in [2.05, 4.69) is 33.0 Å². The Morgan fingerprint density at radius 3 is 3.00 bits per heavy atom. The fourth-order valence-corrected chi connectivity index (χ4v) is 1.40. The van der Waals surface area contributed by atoms with Crippen molar-refractivity contribution in [2.24, 2.45) is 0 Å². The number of hydrogen-bond donors (Lipinski definition) is 3. The number of fused-ring (bicyclic) bond motifs is 1. The molecule has 0 saturated carbocycles. The van der Waals surface area contributed by atoms with Crippen LogP contribution in [0.3, 0.4) is 0 Å². The molecule has 0 aliphatic rings. The fourth-order valence-electron chi connectivity index (χ4n) is 1.09. The maximum Gasteiger partial charge on any atom is 0.223 e. The summed E-state index contributed by atoms with van der Waals surface area (Å²) in [7, 11) is 1.77. The molecular weight excluding hydrogens is 188 g/mol. The molecule has 13 heavy (non-hydrogen) atoms. The molecule has 0 bridgehead atoms. The van der Waals surface area contributed by atoms with Crippen LogP contribution in [0, 0.1) is 0 Å². The highest BCUT2D eigenvalue weighted by Gasteiger charge is 2.08. The number of imidazole rings is 1. The predicted molar refractivity (Wildman–Crippen MR) is 52.3 cm³/mol. The van der Waals surface area contributed by atoms with Crippen LogP contribution in [0.25, 0.3) is 11.2 Å². The first-order chi connectivity index (χ1) is 6.22. The van der Waals surface area contributed by atoms with Crippen LogP contribution in [0.15, 0.2) is 11.4 Å². The van der Waals surface area contributed by atoms with E-state index >= 15 is 0 Å². The number of nitrogens with zero attached hydrogens (tertiary/aromatic N) is 4. The van der Waals surface area contributed by atoms with E-state index in [4.69, 9.17) is 5.73 Å². The maximum absolute atomic E-state index is 5.43. The molecule has 2 rings (SSSR count). The minimum absolute atomic E-state index is 0.179. The van der Waals surface area contributed by atoms with Gasteiger partial charge < -0.3 is 11.2 Å². The van der Waals surface area contributed by atoms with Gasteiger partial charge in [0.25, 0.3) is 0 Å². The molecule has 0 unspecified atom stereocenters. The molecule has 0 aromatic carbocycles. The van der Waals surface area contributed by atoms with Crippen LogP contribution in [-0.2, 0) is 0 Å². The summed E-state index contributed by atoms with van der Waals surface area (Å²) in [6.45, 7) is 0. The number of nitrogen functional groups attached to an aromatic ring is 1. The van der Waals surface area contributed by atoms with Crippen molar-refractivity contribution in [3.05, 3.63) is 6.33 Å². The molecule has 0 aliphatic carbocycles. The molecular formula is C6H8N6S. The van der Waals surface area contributed by atoms with Gasteiger partial charge in [-0.1, -0.05) is 0 Å². The molecule has 7 heteroatoms. The van der Waals surface area contributed by atoms with E-state index in [9.17, 15) is 0 Å². The molecule has 68 valence electrons. The van der Waals surface area contributed by atoms with Gasteiger partial charge >= 0.3 is 0 Å². The lowest BCUT2D eigenvalue weighted by atomic mass is 10.5. The first-order valence-electron chi connectivity index (χ1n) is 3.59. The quantitative estimate of drug-likeness (QED) is 0.437. The highest BCUT2D eigenvalue weighted by Crippen LogP contribution is 2.17. The number of nitrogens with two attached hydrogens (primary N) is 1. The van der Waals surface area contributed by atoms with Gasteiger partial charge in [-0.25, -0.2) is 14.6 Å². The summed E-state index contributed by atoms with van der Waals surface area (Å²) in [6, 6.07) is 0. The second-order valence-electron chi connectivity index (χ2n) is 2.42. The Kier molecular flexibility index (Phi) is 1.73. The second kappa shape index (κ2) is 2.77. The molecule has 6 nitrogen and oxygen atoms in total. The van der Waals surface area contributed by atoms with Gasteiger partial charge in [-0.05, 0) is 0 Å². The van der Waals surface area contributed by atoms with E-state index in [1.54, 1.807) is 18.1 Å². The average Bonchev–Trinajstić information content (AvgIpc) is 2.47. The number of aromatic nitrogens is 4. The molecule has 0 amide bonds. The van der Waals surface area contributed by atoms with Crippen molar-refractivity contribution in [2.75, 3.05) is 18.2 Å². The Hall–Kier alpha value is -1.50. The van der Waals surface area contributed by atoms with Gasteiger partial charge in [0.05, 0.1) is 0 Å². The standard InChI is InChI=1S/C6H8N6S/c1-8-12-2-9-4-3(12)5(13)11-6(7)10-4/h2,8H,1H3,(H3,7,10,11,13). The first-order valence-corrected chi connectivity index (χ1v) is 4.04. The lowest BCUT2D eigenvalue weighted by molar-refractivity contribution is 0.936. The van der Waals surface area contributed by atoms with E-state index in [1.807, 2.05) is 0 Å². The molecule has 3 N–H and O–H groups in total. The molecule has 2 heterocycles. The van der Waals surface area contributed by atoms with Crippen LogP contribution in [0.5, 0.6) is 0 Å². The Morgan fingerprint density at radius 2 is 2.31 bits per heavy atom. The summed E-state index contributed by atoms with van der Waals surface area (Å²) < 4.78 is 1.68. The summed E-state index contributed by atoms with van der Waals surface area (Å²) in [5, 5.41) is 0.509. The summed E-state index contributed by atoms with van der Waals surface area (Å²) in [5.74, 6) is 0.179. The Labute approximate surface area is 79.6 Å². The zero-order chi connectivity index (χ0) is 9.42. The molecule has 0 radical (unpaired) electrons. The van der Waals surface area contributed by atoms with E-state index < -0.39 is 0 Å². The molecule has 0 spiro atoms. The van der Waals surface area contributed by atoms with Crippen molar-refractivity contribution < 1.29 is 0 Å². The summed E-state index contributed by atoms with van der Waals surface area (Å²) >= 11 is 4.18. The Morgan fingerprint density at radius 1 is 1.54 bits per heavy atom. The topological polar surface area (TPSA) is 81.7 Å². The van der Waals surface area contributed by atoms with E-state index in [-0.39, 0.29) is 5.95 Å². The summed E-state index contributed by atoms with van der Waals surface area (Å²) in [5.41, 5.74) is 9.59. The number of hydrogen-bond acceptors (Lipinski definition) is 6. The van der Waals surface area contributed by atoms with E-state index in [0.29, 0.717) is 10.7 Å². The average molecular weight is 196 g/mol. The lowest BCUT2D eigenvalue weighted by Gasteiger charge is -2.02. The molecule has 0 saturated heterocycles. The zero-order valence-corrected chi connectivity index (χ0v) is 7.79. The lowest BCUT2D eigenvalue weighted by Crippen LogP contribution is -2.08. The van der Waals surface area contributed by atoms with Gasteiger partial charge in [-0.15, -0.1) is 12.6 Å². The van der Waals surface area contributed by atoms with Crippen LogP contribution in [0.2, 0.25) is 0 Å². The Bertz CT molecular complexity index is 450. The van der Waals surface area contributed by atoms with Crippen molar-refractivity contribution in [3.8, 4) is 0 Å². The van der Waals surface area contributed by atoms with Crippen molar-refractivity contribution in [1.29, 1.82) is 0 Å². The highest BCUT2D eigenvalue weighted by atomic mass is 32.1. The molecule has 2 aromatic rings. The minimum atomic E-state index is 0.179. The van der Waals surface area contributed by atoms with Crippen LogP contribution < -0.4 is 11.2 Å². The molecule has 0 fully saturated rings. The maximum atomic E-state index is 5.43. The molecule has 0 aliphatic heterocycles. The van der Waals surface area contributed by atoms with Crippen LogP contribution in [-0.4, -0.2) is 26.7 Å². The highest BCUT2D eigenvalue weighted by molar-refractivity contribution is 7.80. The molecule has 2 aromatic heterocycles. The SMILES string of the molecule is CNn1cnc2nc(N)nc(S)c21. The number of nitrogens with one attached hydrogen (secondary N) is 1. The number of anilines is 1. The number of rotatable bonds is 1. The summed E-state index contributed by atoms with van der Waals surface area (Å²) in [4.78, 5) is 11.9. The fraction of sp³-hybridized carbons (Fsp3) is 0.167. The van der Waals surface area contributed by atoms with Crippen LogP contribution in [0.1, 0.15) is 0 Å².